The van der Waals surface area contributed by atoms with E-state index < -0.39 is 17.9 Å². The summed E-state index contributed by atoms with van der Waals surface area (Å²) in [5.74, 6) is -1.41. The normalized spacial score (nSPS) is 19.8. The van der Waals surface area contributed by atoms with E-state index in [1.54, 1.807) is 6.07 Å². The van der Waals surface area contributed by atoms with E-state index in [1.807, 2.05) is 13.0 Å². The molecule has 1 unspecified atom stereocenters. The van der Waals surface area contributed by atoms with Crippen LogP contribution in [0.2, 0.25) is 0 Å². The molecule has 1 atom stereocenters. The summed E-state index contributed by atoms with van der Waals surface area (Å²) in [5, 5.41) is 11.1. The summed E-state index contributed by atoms with van der Waals surface area (Å²) >= 11 is 1.41. The second kappa shape index (κ2) is 6.87. The minimum absolute atomic E-state index is 0.0399. The van der Waals surface area contributed by atoms with Gasteiger partial charge in [-0.1, -0.05) is 0 Å². The van der Waals surface area contributed by atoms with Crippen molar-refractivity contribution in [2.75, 3.05) is 5.75 Å². The highest BCUT2D eigenvalue weighted by Gasteiger charge is 2.40. The number of rotatable bonds is 5. The number of hydrogen-bond donors (Lipinski definition) is 2. The molecule has 2 heterocycles. The van der Waals surface area contributed by atoms with Crippen LogP contribution in [0.5, 0.6) is 0 Å². The molecule has 1 fully saturated rings. The highest BCUT2D eigenvalue weighted by atomic mass is 32.2. The fourth-order valence-corrected chi connectivity index (χ4v) is 4.26. The fourth-order valence-electron chi connectivity index (χ4n) is 3.14. The number of fused-ring (bicyclic) bond motifs is 1. The average molecular weight is 362 g/mol. The molecular weight excluding hydrogens is 344 g/mol. The zero-order chi connectivity index (χ0) is 18.1. The Balaban J connectivity index is 1.83. The zero-order valence-electron chi connectivity index (χ0n) is 13.7. The molecule has 1 saturated heterocycles. The number of carbonyl (C=O) groups excluding carboxylic acids is 3. The van der Waals surface area contributed by atoms with E-state index in [0.717, 1.165) is 16.0 Å². The Kier molecular flexibility index (Phi) is 4.80. The van der Waals surface area contributed by atoms with Gasteiger partial charge in [0.15, 0.2) is 0 Å². The topological polar surface area (TPSA) is 104 Å². The van der Waals surface area contributed by atoms with Crippen LogP contribution in [0, 0.1) is 6.92 Å². The highest BCUT2D eigenvalue weighted by Crippen LogP contribution is 2.35. The molecule has 0 spiro atoms. The lowest BCUT2D eigenvalue weighted by molar-refractivity contribution is -0.138. The lowest BCUT2D eigenvalue weighted by Gasteiger charge is -2.29. The molecule has 7 nitrogen and oxygen atoms in total. The van der Waals surface area contributed by atoms with Gasteiger partial charge in [0.25, 0.3) is 5.91 Å². The molecule has 2 aliphatic rings. The molecule has 2 aliphatic heterocycles. The second-order valence-electron chi connectivity index (χ2n) is 6.18. The molecule has 0 radical (unpaired) electrons. The summed E-state index contributed by atoms with van der Waals surface area (Å²) < 4.78 is 0. The summed E-state index contributed by atoms with van der Waals surface area (Å²) in [6.07, 6.45) is 0.582. The van der Waals surface area contributed by atoms with Crippen LogP contribution in [-0.2, 0) is 20.9 Å². The lowest BCUT2D eigenvalue weighted by Crippen LogP contribution is -2.52. The van der Waals surface area contributed by atoms with Crippen molar-refractivity contribution in [2.24, 2.45) is 0 Å². The third kappa shape index (κ3) is 3.53. The Bertz CT molecular complexity index is 777. The first-order chi connectivity index (χ1) is 11.9. The fraction of sp³-hybridized carbons (Fsp3) is 0.412. The third-order valence-corrected chi connectivity index (χ3v) is 5.42. The summed E-state index contributed by atoms with van der Waals surface area (Å²) in [4.78, 5) is 49.3. The summed E-state index contributed by atoms with van der Waals surface area (Å²) in [5.41, 5.74) is 2.30. The van der Waals surface area contributed by atoms with Gasteiger partial charge in [-0.05, 0) is 36.6 Å². The van der Waals surface area contributed by atoms with Crippen molar-refractivity contribution < 1.29 is 24.3 Å². The van der Waals surface area contributed by atoms with Crippen LogP contribution in [0.1, 0.15) is 40.7 Å². The Hall–Kier alpha value is -2.35. The maximum Gasteiger partial charge on any atom is 0.304 e. The number of benzene rings is 1. The number of carboxylic acid groups (broad SMARTS) is 1. The largest absolute Gasteiger partial charge is 0.481 e. The van der Waals surface area contributed by atoms with E-state index in [2.05, 4.69) is 5.32 Å². The average Bonchev–Trinajstić information content (AvgIpc) is 2.84. The number of nitrogens with one attached hydrogen (secondary N) is 1. The van der Waals surface area contributed by atoms with Crippen LogP contribution in [0.15, 0.2) is 17.0 Å². The van der Waals surface area contributed by atoms with Crippen LogP contribution >= 0.6 is 11.8 Å². The predicted molar refractivity (Wildman–Crippen MR) is 90.2 cm³/mol. The number of imide groups is 1. The molecule has 8 heteroatoms. The molecule has 0 saturated carbocycles. The van der Waals surface area contributed by atoms with Crippen molar-refractivity contribution in [3.8, 4) is 0 Å². The summed E-state index contributed by atoms with van der Waals surface area (Å²) in [7, 11) is 0. The first-order valence-corrected chi connectivity index (χ1v) is 8.98. The SMILES string of the molecule is Cc1cc(SCCC(=O)O)c2c(c1)C(=O)N(C1CCC(=O)NC1=O)C2. The lowest BCUT2D eigenvalue weighted by atomic mass is 10.0. The Labute approximate surface area is 148 Å². The molecule has 0 aromatic heterocycles. The quantitative estimate of drug-likeness (QED) is 0.605. The standard InChI is InChI=1S/C17H18N2O5S/c1-9-6-10-11(13(7-9)25-5-4-15(21)22)8-19(17(10)24)12-2-3-14(20)18-16(12)23/h6-7,12H,2-5,8H2,1H3,(H,21,22)(H,18,20,23). The minimum Gasteiger partial charge on any atom is -0.481 e. The van der Waals surface area contributed by atoms with Gasteiger partial charge in [0, 0.05) is 29.2 Å². The van der Waals surface area contributed by atoms with Gasteiger partial charge in [0.2, 0.25) is 11.8 Å². The highest BCUT2D eigenvalue weighted by molar-refractivity contribution is 7.99. The molecule has 1 aromatic carbocycles. The maximum atomic E-state index is 12.8. The summed E-state index contributed by atoms with van der Waals surface area (Å²) in [6, 6.07) is 3.09. The van der Waals surface area contributed by atoms with Crippen LogP contribution < -0.4 is 5.32 Å². The number of piperidine rings is 1. The van der Waals surface area contributed by atoms with Crippen LogP contribution in [0.4, 0.5) is 0 Å². The van der Waals surface area contributed by atoms with Crippen molar-refractivity contribution in [1.82, 2.24) is 10.2 Å². The van der Waals surface area contributed by atoms with E-state index >= 15 is 0 Å². The van der Waals surface area contributed by atoms with E-state index in [9.17, 15) is 19.2 Å². The van der Waals surface area contributed by atoms with Gasteiger partial charge in [-0.15, -0.1) is 11.8 Å². The Morgan fingerprint density at radius 2 is 2.12 bits per heavy atom. The van der Waals surface area contributed by atoms with Crippen LogP contribution in [-0.4, -0.2) is 45.5 Å². The van der Waals surface area contributed by atoms with Gasteiger partial charge in [-0.3, -0.25) is 24.5 Å². The van der Waals surface area contributed by atoms with Gasteiger partial charge in [0.05, 0.1) is 6.42 Å². The van der Waals surface area contributed by atoms with Crippen molar-refractivity contribution in [3.05, 3.63) is 28.8 Å². The number of carbonyl (C=O) groups is 4. The number of carboxylic acids is 1. The minimum atomic E-state index is -0.863. The van der Waals surface area contributed by atoms with E-state index in [4.69, 9.17) is 5.11 Å². The number of aryl methyl sites for hydroxylation is 1. The summed E-state index contributed by atoms with van der Waals surface area (Å²) in [6.45, 7) is 2.18. The molecular formula is C17H18N2O5S. The number of thioether (sulfide) groups is 1. The van der Waals surface area contributed by atoms with Gasteiger partial charge < -0.3 is 10.0 Å². The van der Waals surface area contributed by atoms with Gasteiger partial charge in [-0.25, -0.2) is 0 Å². The molecule has 3 rings (SSSR count). The molecule has 132 valence electrons. The Morgan fingerprint density at radius 3 is 2.80 bits per heavy atom. The molecule has 0 bridgehead atoms. The first-order valence-electron chi connectivity index (χ1n) is 7.99. The van der Waals surface area contributed by atoms with Gasteiger partial charge in [0.1, 0.15) is 6.04 Å². The van der Waals surface area contributed by atoms with Crippen LogP contribution in [0.25, 0.3) is 0 Å². The second-order valence-corrected chi connectivity index (χ2v) is 7.32. The zero-order valence-corrected chi connectivity index (χ0v) is 14.5. The molecule has 1 aromatic rings. The maximum absolute atomic E-state index is 12.8. The third-order valence-electron chi connectivity index (χ3n) is 4.33. The smallest absolute Gasteiger partial charge is 0.304 e. The van der Waals surface area contributed by atoms with Gasteiger partial charge in [-0.2, -0.15) is 0 Å². The van der Waals surface area contributed by atoms with Crippen molar-refractivity contribution in [1.29, 1.82) is 0 Å². The van der Waals surface area contributed by atoms with Crippen molar-refractivity contribution >= 4 is 35.5 Å². The molecule has 0 aliphatic carbocycles. The number of amides is 3. The first kappa shape index (κ1) is 17.5. The molecule has 3 amide bonds. The number of aliphatic carboxylic acids is 1. The van der Waals surface area contributed by atoms with E-state index in [-0.39, 0.29) is 24.7 Å². The monoisotopic (exact) mass is 362 g/mol. The number of nitrogens with zero attached hydrogens (tertiary/aromatic N) is 1. The molecule has 2 N–H and O–H groups in total. The predicted octanol–water partition coefficient (Wildman–Crippen LogP) is 1.32. The van der Waals surface area contributed by atoms with E-state index in [0.29, 0.717) is 24.3 Å². The Morgan fingerprint density at radius 1 is 1.36 bits per heavy atom. The van der Waals surface area contributed by atoms with Crippen LogP contribution in [0.3, 0.4) is 0 Å². The van der Waals surface area contributed by atoms with Crippen molar-refractivity contribution in [2.45, 2.75) is 43.7 Å². The number of hydrogen-bond acceptors (Lipinski definition) is 5. The van der Waals surface area contributed by atoms with Gasteiger partial charge >= 0.3 is 5.97 Å². The van der Waals surface area contributed by atoms with Crippen molar-refractivity contribution in [3.63, 3.8) is 0 Å². The molecule has 25 heavy (non-hydrogen) atoms. The van der Waals surface area contributed by atoms with E-state index in [1.165, 1.54) is 16.7 Å².